The second kappa shape index (κ2) is 1.76. The average Bonchev–Trinajstić information content (AvgIpc) is 2.30. The van der Waals surface area contributed by atoms with Crippen LogP contribution < -0.4 is 5.32 Å². The molecular formula is C9H17N. The van der Waals surface area contributed by atoms with E-state index in [9.17, 15) is 0 Å². The predicted octanol–water partition coefficient (Wildman–Crippen LogP) is 1.50. The molecule has 1 heteroatoms. The van der Waals surface area contributed by atoms with E-state index in [1.54, 1.807) is 0 Å². The number of piperidine rings is 1. The summed E-state index contributed by atoms with van der Waals surface area (Å²) >= 11 is 0. The van der Waals surface area contributed by atoms with Crippen molar-refractivity contribution in [3.8, 4) is 0 Å². The van der Waals surface area contributed by atoms with E-state index < -0.39 is 0 Å². The molecule has 58 valence electrons. The van der Waals surface area contributed by atoms with Gasteiger partial charge in [-0.05, 0) is 36.3 Å². The monoisotopic (exact) mass is 139 g/mol. The van der Waals surface area contributed by atoms with Gasteiger partial charge in [0, 0.05) is 0 Å². The Morgan fingerprint density at radius 2 is 1.60 bits per heavy atom. The zero-order valence-electron chi connectivity index (χ0n) is 7.15. The standard InChI is InChI=1S/C9H17N/c1-9(2,3)8-6-4-10-5-7(6)8/h6-8,10H,4-5H2,1-3H3. The van der Waals surface area contributed by atoms with Gasteiger partial charge in [0.1, 0.15) is 0 Å². The molecule has 10 heavy (non-hydrogen) atoms. The Morgan fingerprint density at radius 1 is 1.10 bits per heavy atom. The minimum Gasteiger partial charge on any atom is -0.316 e. The van der Waals surface area contributed by atoms with E-state index in [1.165, 1.54) is 13.1 Å². The van der Waals surface area contributed by atoms with Crippen molar-refractivity contribution in [1.82, 2.24) is 5.32 Å². The third-order valence-corrected chi connectivity index (χ3v) is 3.09. The number of fused-ring (bicyclic) bond motifs is 1. The molecular weight excluding hydrogens is 122 g/mol. The molecule has 2 fully saturated rings. The lowest BCUT2D eigenvalue weighted by molar-refractivity contribution is 0.303. The van der Waals surface area contributed by atoms with E-state index in [0.29, 0.717) is 5.41 Å². The molecule has 0 spiro atoms. The Labute approximate surface area is 63.2 Å². The van der Waals surface area contributed by atoms with Gasteiger partial charge in [0.2, 0.25) is 0 Å². The Morgan fingerprint density at radius 3 is 1.90 bits per heavy atom. The normalized spacial score (nSPS) is 45.3. The minimum absolute atomic E-state index is 0.567. The summed E-state index contributed by atoms with van der Waals surface area (Å²) in [6.45, 7) is 9.68. The minimum atomic E-state index is 0.567. The summed E-state index contributed by atoms with van der Waals surface area (Å²) in [6.07, 6.45) is 0. The highest BCUT2D eigenvalue weighted by molar-refractivity contribution is 5.07. The van der Waals surface area contributed by atoms with Crippen LogP contribution in [0, 0.1) is 23.2 Å². The molecule has 1 N–H and O–H groups in total. The van der Waals surface area contributed by atoms with Gasteiger partial charge in [-0.25, -0.2) is 0 Å². The first-order valence-corrected chi connectivity index (χ1v) is 4.31. The van der Waals surface area contributed by atoms with E-state index in [-0.39, 0.29) is 0 Å². The summed E-state index contributed by atoms with van der Waals surface area (Å²) in [5.74, 6) is 3.08. The van der Waals surface area contributed by atoms with Crippen LogP contribution in [0.2, 0.25) is 0 Å². The van der Waals surface area contributed by atoms with Crippen LogP contribution in [0.5, 0.6) is 0 Å². The van der Waals surface area contributed by atoms with Crippen molar-refractivity contribution in [2.24, 2.45) is 23.2 Å². The lowest BCUT2D eigenvalue weighted by Crippen LogP contribution is -2.21. The maximum atomic E-state index is 3.42. The maximum absolute atomic E-state index is 3.42. The van der Waals surface area contributed by atoms with Crippen LogP contribution in [0.1, 0.15) is 20.8 Å². The van der Waals surface area contributed by atoms with Gasteiger partial charge in [0.15, 0.2) is 0 Å². The summed E-state index contributed by atoms with van der Waals surface area (Å²) in [7, 11) is 0. The second-order valence-electron chi connectivity index (χ2n) is 4.88. The first kappa shape index (κ1) is 6.66. The molecule has 0 aromatic heterocycles. The third-order valence-electron chi connectivity index (χ3n) is 3.09. The van der Waals surface area contributed by atoms with Crippen molar-refractivity contribution >= 4 is 0 Å². The molecule has 0 radical (unpaired) electrons. The fourth-order valence-electron chi connectivity index (χ4n) is 2.70. The molecule has 1 aliphatic carbocycles. The maximum Gasteiger partial charge on any atom is -0.00142 e. The zero-order valence-corrected chi connectivity index (χ0v) is 7.15. The van der Waals surface area contributed by atoms with Crippen LogP contribution in [0.25, 0.3) is 0 Å². The molecule has 0 aromatic rings. The molecule has 2 unspecified atom stereocenters. The van der Waals surface area contributed by atoms with Crippen LogP contribution in [-0.2, 0) is 0 Å². The first-order valence-electron chi connectivity index (χ1n) is 4.31. The average molecular weight is 139 g/mol. The lowest BCUT2D eigenvalue weighted by atomic mass is 9.87. The van der Waals surface area contributed by atoms with Gasteiger partial charge in [-0.15, -0.1) is 0 Å². The molecule has 2 rings (SSSR count). The number of nitrogens with one attached hydrogen (secondary N) is 1. The number of hydrogen-bond donors (Lipinski definition) is 1. The molecule has 2 atom stereocenters. The number of hydrogen-bond acceptors (Lipinski definition) is 1. The van der Waals surface area contributed by atoms with Crippen molar-refractivity contribution in [3.05, 3.63) is 0 Å². The van der Waals surface area contributed by atoms with E-state index in [2.05, 4.69) is 26.1 Å². The Balaban J connectivity index is 2.01. The van der Waals surface area contributed by atoms with Gasteiger partial charge in [0.25, 0.3) is 0 Å². The van der Waals surface area contributed by atoms with Crippen molar-refractivity contribution in [2.75, 3.05) is 13.1 Å². The van der Waals surface area contributed by atoms with Gasteiger partial charge in [-0.3, -0.25) is 0 Å². The Hall–Kier alpha value is -0.0400. The highest BCUT2D eigenvalue weighted by Gasteiger charge is 2.57. The largest absolute Gasteiger partial charge is 0.316 e. The van der Waals surface area contributed by atoms with E-state index in [0.717, 1.165) is 17.8 Å². The fourth-order valence-corrected chi connectivity index (χ4v) is 2.70. The summed E-state index contributed by atoms with van der Waals surface area (Å²) in [5, 5.41) is 3.42. The van der Waals surface area contributed by atoms with Crippen molar-refractivity contribution in [3.63, 3.8) is 0 Å². The Kier molecular flexibility index (Phi) is 1.17. The summed E-state index contributed by atoms with van der Waals surface area (Å²) < 4.78 is 0. The SMILES string of the molecule is CC(C)(C)C1C2CNCC21. The van der Waals surface area contributed by atoms with Gasteiger partial charge < -0.3 is 5.32 Å². The predicted molar refractivity (Wildman–Crippen MR) is 42.8 cm³/mol. The van der Waals surface area contributed by atoms with Crippen LogP contribution in [0.15, 0.2) is 0 Å². The highest BCUT2D eigenvalue weighted by atomic mass is 15.0. The van der Waals surface area contributed by atoms with E-state index in [1.807, 2.05) is 0 Å². The van der Waals surface area contributed by atoms with Gasteiger partial charge in [0.05, 0.1) is 0 Å². The molecule has 0 bridgehead atoms. The first-order chi connectivity index (χ1) is 4.61. The zero-order chi connectivity index (χ0) is 7.35. The molecule has 1 nitrogen and oxygen atoms in total. The van der Waals surface area contributed by atoms with Crippen LogP contribution in [0.4, 0.5) is 0 Å². The topological polar surface area (TPSA) is 12.0 Å². The number of rotatable bonds is 0. The van der Waals surface area contributed by atoms with Crippen LogP contribution in [0.3, 0.4) is 0 Å². The molecule has 1 aliphatic heterocycles. The van der Waals surface area contributed by atoms with E-state index >= 15 is 0 Å². The lowest BCUT2D eigenvalue weighted by Gasteiger charge is -2.20. The summed E-state index contributed by atoms with van der Waals surface area (Å²) in [6, 6.07) is 0. The smallest absolute Gasteiger partial charge is 0.00142 e. The van der Waals surface area contributed by atoms with E-state index in [4.69, 9.17) is 0 Å². The summed E-state index contributed by atoms with van der Waals surface area (Å²) in [5.41, 5.74) is 0.567. The molecule has 1 saturated heterocycles. The van der Waals surface area contributed by atoms with Crippen LogP contribution >= 0.6 is 0 Å². The van der Waals surface area contributed by atoms with Gasteiger partial charge in [-0.1, -0.05) is 20.8 Å². The Bertz CT molecular complexity index is 135. The van der Waals surface area contributed by atoms with Crippen molar-refractivity contribution in [1.29, 1.82) is 0 Å². The summed E-state index contributed by atoms with van der Waals surface area (Å²) in [4.78, 5) is 0. The molecule has 0 aromatic carbocycles. The highest BCUT2D eigenvalue weighted by Crippen LogP contribution is 2.57. The quantitative estimate of drug-likeness (QED) is 0.536. The van der Waals surface area contributed by atoms with Crippen molar-refractivity contribution < 1.29 is 0 Å². The second-order valence-corrected chi connectivity index (χ2v) is 4.88. The molecule has 1 heterocycles. The molecule has 2 aliphatic rings. The molecule has 1 saturated carbocycles. The van der Waals surface area contributed by atoms with Crippen LogP contribution in [-0.4, -0.2) is 13.1 Å². The van der Waals surface area contributed by atoms with Gasteiger partial charge in [-0.2, -0.15) is 0 Å². The molecule has 0 amide bonds. The van der Waals surface area contributed by atoms with Gasteiger partial charge >= 0.3 is 0 Å². The van der Waals surface area contributed by atoms with Crippen molar-refractivity contribution in [2.45, 2.75) is 20.8 Å². The third kappa shape index (κ3) is 0.800. The fraction of sp³-hybridized carbons (Fsp3) is 1.00.